The maximum absolute atomic E-state index is 11.0. The lowest BCUT2D eigenvalue weighted by molar-refractivity contribution is -0.137. The van der Waals surface area contributed by atoms with Crippen LogP contribution in [0.2, 0.25) is 0 Å². The fourth-order valence-corrected chi connectivity index (χ4v) is 2.34. The average Bonchev–Trinajstić information content (AvgIpc) is 2.15. The van der Waals surface area contributed by atoms with Gasteiger partial charge in [-0.15, -0.1) is 0 Å². The largest absolute Gasteiger partial charge is 0.480 e. The fourth-order valence-electron chi connectivity index (χ4n) is 1.65. The third-order valence-corrected chi connectivity index (χ3v) is 2.98. The Morgan fingerprint density at radius 3 is 2.31 bits per heavy atom. The molecule has 1 aromatic rings. The number of carboxylic acid groups (broad SMARTS) is 1. The molecule has 0 saturated heterocycles. The number of benzene rings is 1. The summed E-state index contributed by atoms with van der Waals surface area (Å²) in [7, 11) is 0. The van der Waals surface area contributed by atoms with Crippen molar-refractivity contribution < 1.29 is 9.90 Å². The van der Waals surface area contributed by atoms with Gasteiger partial charge in [-0.2, -0.15) is 0 Å². The van der Waals surface area contributed by atoms with E-state index < -0.39 is 12.0 Å². The van der Waals surface area contributed by atoms with Crippen LogP contribution >= 0.6 is 15.9 Å². The molecule has 0 aromatic heterocycles. The van der Waals surface area contributed by atoms with Crippen molar-refractivity contribution in [3.8, 4) is 0 Å². The lowest BCUT2D eigenvalue weighted by Gasteiger charge is -2.18. The minimum atomic E-state index is -0.816. The van der Waals surface area contributed by atoms with E-state index >= 15 is 0 Å². The first-order valence-electron chi connectivity index (χ1n) is 5.21. The van der Waals surface area contributed by atoms with E-state index in [1.807, 2.05) is 32.9 Å². The first-order valence-corrected chi connectivity index (χ1v) is 6.01. The van der Waals surface area contributed by atoms with Gasteiger partial charge in [-0.25, -0.2) is 4.79 Å². The van der Waals surface area contributed by atoms with Gasteiger partial charge in [-0.3, -0.25) is 0 Å². The SMILES string of the molecule is CCC(Nc1c(C)cc(Br)cc1C)C(=O)O. The van der Waals surface area contributed by atoms with Crippen LogP contribution in [-0.4, -0.2) is 17.1 Å². The van der Waals surface area contributed by atoms with Crippen molar-refractivity contribution >= 4 is 27.6 Å². The number of rotatable bonds is 4. The Morgan fingerprint density at radius 2 is 1.94 bits per heavy atom. The zero-order chi connectivity index (χ0) is 12.3. The number of anilines is 1. The van der Waals surface area contributed by atoms with E-state index in [2.05, 4.69) is 21.2 Å². The summed E-state index contributed by atoms with van der Waals surface area (Å²) in [6.07, 6.45) is 0.560. The Balaban J connectivity index is 3.01. The van der Waals surface area contributed by atoms with Crippen molar-refractivity contribution in [2.75, 3.05) is 5.32 Å². The van der Waals surface area contributed by atoms with Crippen LogP contribution in [0.15, 0.2) is 16.6 Å². The zero-order valence-electron chi connectivity index (χ0n) is 9.67. The maximum Gasteiger partial charge on any atom is 0.326 e. The van der Waals surface area contributed by atoms with Crippen LogP contribution in [0.3, 0.4) is 0 Å². The molecule has 1 unspecified atom stereocenters. The third kappa shape index (κ3) is 2.98. The topological polar surface area (TPSA) is 49.3 Å². The monoisotopic (exact) mass is 285 g/mol. The smallest absolute Gasteiger partial charge is 0.326 e. The summed E-state index contributed by atoms with van der Waals surface area (Å²) < 4.78 is 1.01. The Morgan fingerprint density at radius 1 is 1.44 bits per heavy atom. The molecule has 0 bridgehead atoms. The Labute approximate surface area is 104 Å². The second-order valence-corrected chi connectivity index (χ2v) is 4.77. The molecule has 0 radical (unpaired) electrons. The van der Waals surface area contributed by atoms with Crippen LogP contribution in [0.4, 0.5) is 5.69 Å². The highest BCUT2D eigenvalue weighted by Crippen LogP contribution is 2.26. The summed E-state index contributed by atoms with van der Waals surface area (Å²) >= 11 is 3.42. The van der Waals surface area contributed by atoms with Crippen LogP contribution in [0, 0.1) is 13.8 Å². The number of hydrogen-bond acceptors (Lipinski definition) is 2. The standard InChI is InChI=1S/C12H16BrNO2/c1-4-10(12(15)16)14-11-7(2)5-9(13)6-8(11)3/h5-6,10,14H,4H2,1-3H3,(H,15,16). The molecule has 0 aliphatic rings. The quantitative estimate of drug-likeness (QED) is 0.892. The van der Waals surface area contributed by atoms with E-state index in [1.54, 1.807) is 0 Å². The molecule has 0 amide bonds. The predicted octanol–water partition coefficient (Wildman–Crippen LogP) is 3.34. The van der Waals surface area contributed by atoms with Crippen molar-refractivity contribution in [3.05, 3.63) is 27.7 Å². The molecule has 1 aromatic carbocycles. The zero-order valence-corrected chi connectivity index (χ0v) is 11.3. The number of carboxylic acids is 1. The molecular formula is C12H16BrNO2. The number of aliphatic carboxylic acids is 1. The molecule has 3 nitrogen and oxygen atoms in total. The molecule has 0 spiro atoms. The highest BCUT2D eigenvalue weighted by atomic mass is 79.9. The van der Waals surface area contributed by atoms with Crippen LogP contribution < -0.4 is 5.32 Å². The van der Waals surface area contributed by atoms with E-state index in [0.717, 1.165) is 21.3 Å². The van der Waals surface area contributed by atoms with E-state index in [9.17, 15) is 4.79 Å². The van der Waals surface area contributed by atoms with Crippen molar-refractivity contribution in [3.63, 3.8) is 0 Å². The van der Waals surface area contributed by atoms with Crippen LogP contribution in [0.1, 0.15) is 24.5 Å². The number of carbonyl (C=O) groups is 1. The van der Waals surface area contributed by atoms with Gasteiger partial charge in [0.05, 0.1) is 0 Å². The molecule has 2 N–H and O–H groups in total. The van der Waals surface area contributed by atoms with E-state index in [-0.39, 0.29) is 0 Å². The third-order valence-electron chi connectivity index (χ3n) is 2.52. The predicted molar refractivity (Wildman–Crippen MR) is 69.0 cm³/mol. The molecule has 1 rings (SSSR count). The molecule has 0 heterocycles. The second kappa shape index (κ2) is 5.34. The van der Waals surface area contributed by atoms with E-state index in [1.165, 1.54) is 0 Å². The highest BCUT2D eigenvalue weighted by Gasteiger charge is 2.16. The summed E-state index contributed by atoms with van der Waals surface area (Å²) in [5, 5.41) is 12.1. The summed E-state index contributed by atoms with van der Waals surface area (Å²) in [6.45, 7) is 5.79. The highest BCUT2D eigenvalue weighted by molar-refractivity contribution is 9.10. The van der Waals surface area contributed by atoms with Gasteiger partial charge >= 0.3 is 5.97 Å². The molecule has 0 saturated carbocycles. The van der Waals surface area contributed by atoms with Crippen molar-refractivity contribution in [1.82, 2.24) is 0 Å². The number of hydrogen-bond donors (Lipinski definition) is 2. The van der Waals surface area contributed by atoms with Gasteiger partial charge in [-0.05, 0) is 43.5 Å². The van der Waals surface area contributed by atoms with Crippen molar-refractivity contribution in [1.29, 1.82) is 0 Å². The lowest BCUT2D eigenvalue weighted by atomic mass is 10.1. The molecule has 0 aliphatic heterocycles. The van der Waals surface area contributed by atoms with Crippen LogP contribution in [-0.2, 0) is 4.79 Å². The summed E-state index contributed by atoms with van der Waals surface area (Å²) in [5.74, 6) is -0.816. The molecule has 88 valence electrons. The average molecular weight is 286 g/mol. The van der Waals surface area contributed by atoms with Gasteiger partial charge < -0.3 is 10.4 Å². The van der Waals surface area contributed by atoms with Crippen LogP contribution in [0.5, 0.6) is 0 Å². The van der Waals surface area contributed by atoms with Gasteiger partial charge in [-0.1, -0.05) is 22.9 Å². The number of halogens is 1. The van der Waals surface area contributed by atoms with Gasteiger partial charge in [0, 0.05) is 10.2 Å². The lowest BCUT2D eigenvalue weighted by Crippen LogP contribution is -2.29. The number of aryl methyl sites for hydroxylation is 2. The second-order valence-electron chi connectivity index (χ2n) is 3.86. The first kappa shape index (κ1) is 13.0. The molecule has 0 fully saturated rings. The van der Waals surface area contributed by atoms with Gasteiger partial charge in [0.25, 0.3) is 0 Å². The van der Waals surface area contributed by atoms with Gasteiger partial charge in [0.15, 0.2) is 0 Å². The minimum absolute atomic E-state index is 0.529. The molecule has 1 atom stereocenters. The van der Waals surface area contributed by atoms with Crippen molar-refractivity contribution in [2.45, 2.75) is 33.2 Å². The first-order chi connectivity index (χ1) is 7.45. The summed E-state index contributed by atoms with van der Waals surface area (Å²) in [4.78, 5) is 11.0. The Bertz CT molecular complexity index is 381. The minimum Gasteiger partial charge on any atom is -0.480 e. The van der Waals surface area contributed by atoms with Gasteiger partial charge in [0.1, 0.15) is 6.04 Å². The molecule has 0 aliphatic carbocycles. The molecular weight excluding hydrogens is 270 g/mol. The summed E-state index contributed by atoms with van der Waals surface area (Å²) in [6, 6.07) is 3.42. The van der Waals surface area contributed by atoms with Crippen LogP contribution in [0.25, 0.3) is 0 Å². The number of nitrogens with one attached hydrogen (secondary N) is 1. The molecule has 4 heteroatoms. The summed E-state index contributed by atoms with van der Waals surface area (Å²) in [5.41, 5.74) is 3.01. The molecule has 16 heavy (non-hydrogen) atoms. The van der Waals surface area contributed by atoms with Crippen molar-refractivity contribution in [2.24, 2.45) is 0 Å². The van der Waals surface area contributed by atoms with Gasteiger partial charge in [0.2, 0.25) is 0 Å². The Kier molecular flexibility index (Phi) is 4.35. The van der Waals surface area contributed by atoms with E-state index in [0.29, 0.717) is 6.42 Å². The Hall–Kier alpha value is -1.03. The van der Waals surface area contributed by atoms with E-state index in [4.69, 9.17) is 5.11 Å². The fraction of sp³-hybridized carbons (Fsp3) is 0.417. The maximum atomic E-state index is 11.0. The normalized spacial score (nSPS) is 12.2.